The second kappa shape index (κ2) is 7.59. The Hall–Kier alpha value is -2.56. The predicted molar refractivity (Wildman–Crippen MR) is 100 cm³/mol. The summed E-state index contributed by atoms with van der Waals surface area (Å²) >= 11 is 1.04. The molecule has 0 amide bonds. The van der Waals surface area contributed by atoms with E-state index in [0.29, 0.717) is 0 Å². The van der Waals surface area contributed by atoms with Gasteiger partial charge in [-0.3, -0.25) is 0 Å². The fourth-order valence-corrected chi connectivity index (χ4v) is 5.22. The minimum absolute atomic E-state index is 0.0482. The molecule has 0 saturated carbocycles. The first-order valence-corrected chi connectivity index (χ1v) is 10.3. The molecule has 27 heavy (non-hydrogen) atoms. The summed E-state index contributed by atoms with van der Waals surface area (Å²) in [6.07, 6.45) is 3.02. The number of aromatic nitrogens is 3. The molecule has 0 aliphatic carbocycles. The number of hydrogen-bond acceptors (Lipinski definition) is 7. The molecule has 10 heteroatoms. The van der Waals surface area contributed by atoms with Crippen LogP contribution in [-0.4, -0.2) is 47.6 Å². The maximum Gasteiger partial charge on any atom is 0.349 e. The zero-order chi connectivity index (χ0) is 19.6. The van der Waals surface area contributed by atoms with Crippen LogP contribution >= 0.6 is 11.3 Å². The molecule has 2 aromatic heterocycles. The molecule has 0 radical (unpaired) electrons. The van der Waals surface area contributed by atoms with Gasteiger partial charge in [0.15, 0.2) is 0 Å². The Morgan fingerprint density at radius 3 is 2.56 bits per heavy atom. The molecule has 8 nitrogen and oxygen atoms in total. The van der Waals surface area contributed by atoms with Crippen molar-refractivity contribution in [3.05, 3.63) is 58.8 Å². The van der Waals surface area contributed by atoms with E-state index in [4.69, 9.17) is 0 Å². The summed E-state index contributed by atoms with van der Waals surface area (Å²) in [7, 11) is -1.15. The van der Waals surface area contributed by atoms with Gasteiger partial charge in [0.2, 0.25) is 10.0 Å². The molecule has 0 aliphatic rings. The van der Waals surface area contributed by atoms with Gasteiger partial charge in [0.25, 0.3) is 0 Å². The highest BCUT2D eigenvalue weighted by Gasteiger charge is 2.31. The van der Waals surface area contributed by atoms with Gasteiger partial charge >= 0.3 is 5.97 Å². The third-order valence-electron chi connectivity index (χ3n) is 4.26. The van der Waals surface area contributed by atoms with Crippen LogP contribution in [0.5, 0.6) is 0 Å². The van der Waals surface area contributed by atoms with Crippen LogP contribution in [0.25, 0.3) is 5.69 Å². The van der Waals surface area contributed by atoms with Gasteiger partial charge in [-0.05, 0) is 36.1 Å². The standard InChI is InChI=1S/C17H18N4O4S2/c1-12(13-4-6-14(7-5-13)21-11-18-10-19-21)20(2)27(23,24)15-8-9-26-16(15)17(22)25-3/h4-12H,1-3H3/t12-/m0/s1. The molecule has 1 atom stereocenters. The predicted octanol–water partition coefficient (Wildman–Crippen LogP) is 2.50. The normalized spacial score (nSPS) is 12.9. The lowest BCUT2D eigenvalue weighted by Crippen LogP contribution is -2.30. The third-order valence-corrected chi connectivity index (χ3v) is 7.26. The summed E-state index contributed by atoms with van der Waals surface area (Å²) in [5, 5.41) is 5.62. The minimum atomic E-state index is -3.87. The molecule has 0 bridgehead atoms. The highest BCUT2D eigenvalue weighted by molar-refractivity contribution is 7.89. The molecule has 0 fully saturated rings. The quantitative estimate of drug-likeness (QED) is 0.584. The summed E-state index contributed by atoms with van der Waals surface area (Å²) in [6, 6.07) is 8.33. The lowest BCUT2D eigenvalue weighted by Gasteiger charge is -2.24. The smallest absolute Gasteiger partial charge is 0.349 e. The molecule has 0 saturated heterocycles. The van der Waals surface area contributed by atoms with Gasteiger partial charge in [-0.2, -0.15) is 9.40 Å². The van der Waals surface area contributed by atoms with Gasteiger partial charge in [-0.25, -0.2) is 22.9 Å². The van der Waals surface area contributed by atoms with Gasteiger partial charge in [0, 0.05) is 13.1 Å². The molecular formula is C17H18N4O4S2. The first kappa shape index (κ1) is 19.2. The highest BCUT2D eigenvalue weighted by Crippen LogP contribution is 2.30. The Kier molecular flexibility index (Phi) is 5.40. The number of sulfonamides is 1. The van der Waals surface area contributed by atoms with Crippen LogP contribution in [0.4, 0.5) is 0 Å². The van der Waals surface area contributed by atoms with Crippen molar-refractivity contribution >= 4 is 27.3 Å². The molecule has 3 aromatic rings. The summed E-state index contributed by atoms with van der Waals surface area (Å²) in [6.45, 7) is 1.78. The number of benzene rings is 1. The number of hydrogen-bond donors (Lipinski definition) is 0. The largest absolute Gasteiger partial charge is 0.465 e. The number of carbonyl (C=O) groups excluding carboxylic acids is 1. The molecular weight excluding hydrogens is 388 g/mol. The zero-order valence-electron chi connectivity index (χ0n) is 14.9. The number of rotatable bonds is 6. The van der Waals surface area contributed by atoms with Crippen molar-refractivity contribution in [3.63, 3.8) is 0 Å². The van der Waals surface area contributed by atoms with Crippen molar-refractivity contribution in [1.82, 2.24) is 19.1 Å². The molecule has 1 aromatic carbocycles. The fraction of sp³-hybridized carbons (Fsp3) is 0.235. The monoisotopic (exact) mass is 406 g/mol. The molecule has 0 unspecified atom stereocenters. The number of carbonyl (C=O) groups is 1. The SMILES string of the molecule is COC(=O)c1sccc1S(=O)(=O)N(C)[C@@H](C)c1ccc(-n2cncn2)cc1. The summed E-state index contributed by atoms with van der Waals surface area (Å²) in [4.78, 5) is 15.8. The van der Waals surface area contributed by atoms with Crippen molar-refractivity contribution < 1.29 is 17.9 Å². The topological polar surface area (TPSA) is 94.4 Å². The number of thiophene rings is 1. The van der Waals surface area contributed by atoms with Crippen molar-refractivity contribution in [1.29, 1.82) is 0 Å². The summed E-state index contributed by atoms with van der Waals surface area (Å²) in [5.41, 5.74) is 1.62. The Morgan fingerprint density at radius 1 is 1.26 bits per heavy atom. The summed E-state index contributed by atoms with van der Waals surface area (Å²) < 4.78 is 33.5. The molecule has 142 valence electrons. The van der Waals surface area contributed by atoms with Crippen LogP contribution in [-0.2, 0) is 14.8 Å². The van der Waals surface area contributed by atoms with E-state index < -0.39 is 22.0 Å². The Labute approximate surface area is 161 Å². The lowest BCUT2D eigenvalue weighted by molar-refractivity contribution is 0.0602. The van der Waals surface area contributed by atoms with E-state index in [1.807, 2.05) is 24.3 Å². The molecule has 3 rings (SSSR count). The minimum Gasteiger partial charge on any atom is -0.465 e. The van der Waals surface area contributed by atoms with Gasteiger partial charge < -0.3 is 4.74 Å². The number of esters is 1. The molecule has 0 N–H and O–H groups in total. The van der Waals surface area contributed by atoms with Crippen molar-refractivity contribution in [2.24, 2.45) is 0 Å². The Balaban J connectivity index is 1.87. The molecule has 2 heterocycles. The second-order valence-corrected chi connectivity index (χ2v) is 8.62. The van der Waals surface area contributed by atoms with E-state index in [9.17, 15) is 13.2 Å². The zero-order valence-corrected chi connectivity index (χ0v) is 16.6. The number of ether oxygens (including phenoxy) is 1. The maximum atomic E-state index is 13.0. The van der Waals surface area contributed by atoms with Crippen LogP contribution in [0.15, 0.2) is 53.3 Å². The Morgan fingerprint density at radius 2 is 1.96 bits per heavy atom. The van der Waals surface area contributed by atoms with Crippen LogP contribution in [0.3, 0.4) is 0 Å². The first-order chi connectivity index (χ1) is 12.9. The van der Waals surface area contributed by atoms with Gasteiger partial charge in [0.1, 0.15) is 22.4 Å². The van der Waals surface area contributed by atoms with E-state index in [0.717, 1.165) is 22.6 Å². The number of methoxy groups -OCH3 is 1. The Bertz CT molecular complexity index is 1030. The third kappa shape index (κ3) is 3.64. The van der Waals surface area contributed by atoms with Crippen molar-refractivity contribution in [2.45, 2.75) is 17.9 Å². The van der Waals surface area contributed by atoms with Crippen LogP contribution in [0.1, 0.15) is 28.2 Å². The van der Waals surface area contributed by atoms with Crippen molar-refractivity contribution in [3.8, 4) is 5.69 Å². The van der Waals surface area contributed by atoms with E-state index >= 15 is 0 Å². The average Bonchev–Trinajstić information content (AvgIpc) is 3.38. The van der Waals surface area contributed by atoms with Crippen LogP contribution in [0, 0.1) is 0 Å². The van der Waals surface area contributed by atoms with Gasteiger partial charge in [0.05, 0.1) is 12.8 Å². The van der Waals surface area contributed by atoms with Gasteiger partial charge in [-0.15, -0.1) is 11.3 Å². The lowest BCUT2D eigenvalue weighted by atomic mass is 10.1. The number of nitrogens with zero attached hydrogens (tertiary/aromatic N) is 4. The highest BCUT2D eigenvalue weighted by atomic mass is 32.2. The van der Waals surface area contributed by atoms with E-state index in [-0.39, 0.29) is 9.77 Å². The van der Waals surface area contributed by atoms with Crippen LogP contribution < -0.4 is 0 Å². The molecule has 0 aliphatic heterocycles. The maximum absolute atomic E-state index is 13.0. The van der Waals surface area contributed by atoms with Crippen molar-refractivity contribution in [2.75, 3.05) is 14.2 Å². The van der Waals surface area contributed by atoms with Gasteiger partial charge in [-0.1, -0.05) is 12.1 Å². The van der Waals surface area contributed by atoms with Crippen LogP contribution in [0.2, 0.25) is 0 Å². The molecule has 0 spiro atoms. The van der Waals surface area contributed by atoms with E-state index in [1.54, 1.807) is 23.3 Å². The van der Waals surface area contributed by atoms with E-state index in [2.05, 4.69) is 14.8 Å². The summed E-state index contributed by atoms with van der Waals surface area (Å²) in [5.74, 6) is -0.665. The second-order valence-electron chi connectivity index (χ2n) is 5.73. The average molecular weight is 406 g/mol. The fourth-order valence-electron chi connectivity index (χ4n) is 2.56. The van der Waals surface area contributed by atoms with E-state index in [1.165, 1.54) is 30.9 Å². The first-order valence-electron chi connectivity index (χ1n) is 7.95.